The molecule has 102 valence electrons. The molecule has 1 saturated carbocycles. The number of rotatable bonds is 4. The molecule has 0 unspecified atom stereocenters. The lowest BCUT2D eigenvalue weighted by molar-refractivity contribution is 0.423. The Morgan fingerprint density at radius 1 is 1.11 bits per heavy atom. The number of hydrogen-bond donors (Lipinski definition) is 2. The number of nitrogens with zero attached hydrogens (tertiary/aromatic N) is 1. The van der Waals surface area contributed by atoms with Crippen molar-refractivity contribution in [2.24, 2.45) is 5.92 Å². The lowest BCUT2D eigenvalue weighted by Gasteiger charge is -2.13. The summed E-state index contributed by atoms with van der Waals surface area (Å²) < 4.78 is 0. The molecule has 2 N–H and O–H groups in total. The van der Waals surface area contributed by atoms with E-state index in [1.54, 1.807) is 0 Å². The van der Waals surface area contributed by atoms with Crippen molar-refractivity contribution in [2.45, 2.75) is 45.1 Å². The van der Waals surface area contributed by atoms with E-state index in [0.717, 1.165) is 35.9 Å². The summed E-state index contributed by atoms with van der Waals surface area (Å²) in [7, 11) is 0. The zero-order chi connectivity index (χ0) is 12.9. The van der Waals surface area contributed by atoms with E-state index in [2.05, 4.69) is 27.4 Å². The van der Waals surface area contributed by atoms with Gasteiger partial charge in [-0.2, -0.15) is 0 Å². The van der Waals surface area contributed by atoms with E-state index in [-0.39, 0.29) is 0 Å². The van der Waals surface area contributed by atoms with Crippen molar-refractivity contribution in [3.63, 3.8) is 0 Å². The van der Waals surface area contributed by atoms with Crippen LogP contribution in [0.3, 0.4) is 0 Å². The molecule has 0 atom stereocenters. The van der Waals surface area contributed by atoms with Crippen LogP contribution in [0.2, 0.25) is 0 Å². The van der Waals surface area contributed by atoms with Crippen LogP contribution in [0.1, 0.15) is 44.3 Å². The monoisotopic (exact) mass is 257 g/mol. The highest BCUT2D eigenvalue weighted by Gasteiger charge is 2.11. The average molecular weight is 257 g/mol. The van der Waals surface area contributed by atoms with Crippen LogP contribution in [0.4, 0.5) is 0 Å². The Hall–Kier alpha value is -1.35. The Labute approximate surface area is 114 Å². The molecule has 3 rings (SSSR count). The SMILES string of the molecule is c1ccc2[nH]c(CNCC3CCCCCC3)nc2c1. The number of hydrogen-bond acceptors (Lipinski definition) is 2. The molecule has 0 aliphatic heterocycles. The molecule has 3 nitrogen and oxygen atoms in total. The molecular formula is C16H23N3. The second-order valence-electron chi connectivity index (χ2n) is 5.69. The third kappa shape index (κ3) is 3.35. The zero-order valence-electron chi connectivity index (χ0n) is 11.5. The Kier molecular flexibility index (Phi) is 4.13. The number of aromatic nitrogens is 2. The van der Waals surface area contributed by atoms with Crippen molar-refractivity contribution < 1.29 is 0 Å². The molecule has 1 aromatic heterocycles. The van der Waals surface area contributed by atoms with Crippen molar-refractivity contribution in [2.75, 3.05) is 6.54 Å². The topological polar surface area (TPSA) is 40.7 Å². The van der Waals surface area contributed by atoms with Gasteiger partial charge in [0.25, 0.3) is 0 Å². The Balaban J connectivity index is 1.51. The van der Waals surface area contributed by atoms with E-state index in [1.807, 2.05) is 12.1 Å². The molecule has 0 saturated heterocycles. The summed E-state index contributed by atoms with van der Waals surface area (Å²) in [5.74, 6) is 1.92. The van der Waals surface area contributed by atoms with Crippen molar-refractivity contribution in [1.29, 1.82) is 0 Å². The number of benzene rings is 1. The van der Waals surface area contributed by atoms with Crippen LogP contribution in [0.5, 0.6) is 0 Å². The van der Waals surface area contributed by atoms with Crippen LogP contribution in [0.25, 0.3) is 11.0 Å². The standard InChI is InChI=1S/C16H23N3/c1-2-4-8-13(7-3-1)11-17-12-16-18-14-9-5-6-10-15(14)19-16/h5-6,9-10,13,17H,1-4,7-8,11-12H2,(H,18,19). The number of imidazole rings is 1. The molecule has 1 heterocycles. The quantitative estimate of drug-likeness (QED) is 0.821. The van der Waals surface area contributed by atoms with Gasteiger partial charge < -0.3 is 10.3 Å². The van der Waals surface area contributed by atoms with E-state index in [1.165, 1.54) is 38.5 Å². The van der Waals surface area contributed by atoms with Crippen LogP contribution >= 0.6 is 0 Å². The first-order chi connectivity index (χ1) is 9.42. The fraction of sp³-hybridized carbons (Fsp3) is 0.562. The lowest BCUT2D eigenvalue weighted by Crippen LogP contribution is -2.22. The summed E-state index contributed by atoms with van der Waals surface area (Å²) in [5, 5.41) is 3.57. The van der Waals surface area contributed by atoms with Gasteiger partial charge in [0.2, 0.25) is 0 Å². The predicted octanol–water partition coefficient (Wildman–Crippen LogP) is 3.62. The van der Waals surface area contributed by atoms with Gasteiger partial charge in [-0.05, 0) is 37.4 Å². The lowest BCUT2D eigenvalue weighted by atomic mass is 10.0. The van der Waals surface area contributed by atoms with E-state index in [0.29, 0.717) is 0 Å². The van der Waals surface area contributed by atoms with Gasteiger partial charge in [-0.25, -0.2) is 4.98 Å². The highest BCUT2D eigenvalue weighted by atomic mass is 15.0. The van der Waals surface area contributed by atoms with Crippen LogP contribution in [-0.2, 0) is 6.54 Å². The van der Waals surface area contributed by atoms with Gasteiger partial charge in [0.05, 0.1) is 17.6 Å². The summed E-state index contributed by atoms with van der Waals surface area (Å²) in [5.41, 5.74) is 2.20. The minimum atomic E-state index is 0.852. The van der Waals surface area contributed by atoms with Gasteiger partial charge in [-0.3, -0.25) is 0 Å². The largest absolute Gasteiger partial charge is 0.341 e. The summed E-state index contributed by atoms with van der Waals surface area (Å²) in [6, 6.07) is 8.22. The third-order valence-electron chi connectivity index (χ3n) is 4.14. The maximum Gasteiger partial charge on any atom is 0.121 e. The molecule has 0 radical (unpaired) electrons. The minimum Gasteiger partial charge on any atom is -0.341 e. The van der Waals surface area contributed by atoms with Crippen LogP contribution < -0.4 is 5.32 Å². The molecule has 0 spiro atoms. The van der Waals surface area contributed by atoms with Gasteiger partial charge in [-0.1, -0.05) is 37.8 Å². The van der Waals surface area contributed by atoms with Gasteiger partial charge in [0.15, 0.2) is 0 Å². The van der Waals surface area contributed by atoms with E-state index in [4.69, 9.17) is 0 Å². The molecule has 2 aromatic rings. The fourth-order valence-corrected chi connectivity index (χ4v) is 3.05. The van der Waals surface area contributed by atoms with E-state index >= 15 is 0 Å². The molecule has 0 bridgehead atoms. The first-order valence-electron chi connectivity index (χ1n) is 7.56. The summed E-state index contributed by atoms with van der Waals surface area (Å²) in [4.78, 5) is 7.97. The smallest absolute Gasteiger partial charge is 0.121 e. The highest BCUT2D eigenvalue weighted by molar-refractivity contribution is 5.74. The first kappa shape index (κ1) is 12.7. The first-order valence-corrected chi connectivity index (χ1v) is 7.56. The number of aromatic amines is 1. The van der Waals surface area contributed by atoms with Crippen LogP contribution in [-0.4, -0.2) is 16.5 Å². The zero-order valence-corrected chi connectivity index (χ0v) is 11.5. The molecule has 0 amide bonds. The van der Waals surface area contributed by atoms with E-state index in [9.17, 15) is 0 Å². The Bertz CT molecular complexity index is 476. The third-order valence-corrected chi connectivity index (χ3v) is 4.14. The molecule has 1 aromatic carbocycles. The van der Waals surface area contributed by atoms with Crippen molar-refractivity contribution in [3.05, 3.63) is 30.1 Å². The van der Waals surface area contributed by atoms with Gasteiger partial charge >= 0.3 is 0 Å². The fourth-order valence-electron chi connectivity index (χ4n) is 3.05. The molecular weight excluding hydrogens is 234 g/mol. The van der Waals surface area contributed by atoms with Crippen molar-refractivity contribution in [1.82, 2.24) is 15.3 Å². The Morgan fingerprint density at radius 2 is 1.89 bits per heavy atom. The minimum absolute atomic E-state index is 0.852. The summed E-state index contributed by atoms with van der Waals surface area (Å²) in [6.45, 7) is 1.99. The summed E-state index contributed by atoms with van der Waals surface area (Å²) >= 11 is 0. The van der Waals surface area contributed by atoms with Gasteiger partial charge in [0.1, 0.15) is 5.82 Å². The number of para-hydroxylation sites is 2. The van der Waals surface area contributed by atoms with Crippen molar-refractivity contribution >= 4 is 11.0 Å². The molecule has 19 heavy (non-hydrogen) atoms. The van der Waals surface area contributed by atoms with Gasteiger partial charge in [-0.15, -0.1) is 0 Å². The van der Waals surface area contributed by atoms with Gasteiger partial charge in [0, 0.05) is 0 Å². The van der Waals surface area contributed by atoms with Crippen molar-refractivity contribution in [3.8, 4) is 0 Å². The second-order valence-corrected chi connectivity index (χ2v) is 5.69. The maximum atomic E-state index is 4.60. The maximum absolute atomic E-state index is 4.60. The van der Waals surface area contributed by atoms with Crippen LogP contribution in [0, 0.1) is 5.92 Å². The number of fused-ring (bicyclic) bond motifs is 1. The van der Waals surface area contributed by atoms with Crippen LogP contribution in [0.15, 0.2) is 24.3 Å². The Morgan fingerprint density at radius 3 is 2.68 bits per heavy atom. The number of nitrogens with one attached hydrogen (secondary N) is 2. The highest BCUT2D eigenvalue weighted by Crippen LogP contribution is 2.22. The molecule has 1 aliphatic carbocycles. The average Bonchev–Trinajstić information content (AvgIpc) is 2.66. The normalized spacial score (nSPS) is 17.7. The molecule has 1 aliphatic rings. The second kappa shape index (κ2) is 6.20. The molecule has 1 fully saturated rings. The number of H-pyrrole nitrogens is 1. The summed E-state index contributed by atoms with van der Waals surface area (Å²) in [6.07, 6.45) is 8.48. The predicted molar refractivity (Wildman–Crippen MR) is 79.0 cm³/mol. The molecule has 3 heteroatoms. The van der Waals surface area contributed by atoms with E-state index < -0.39 is 0 Å².